The molecule has 3 aromatic heterocycles. The molecule has 1 fully saturated rings. The first-order chi connectivity index (χ1) is 16.2. The molecule has 0 bridgehead atoms. The van der Waals surface area contributed by atoms with Crippen LogP contribution >= 0.6 is 23.2 Å². The number of anilines is 1. The lowest BCUT2D eigenvalue weighted by molar-refractivity contribution is -0.180. The third-order valence-corrected chi connectivity index (χ3v) is 6.44. The van der Waals surface area contributed by atoms with Crippen molar-refractivity contribution in [3.8, 4) is 17.0 Å². The van der Waals surface area contributed by atoms with Crippen LogP contribution < -0.4 is 9.64 Å². The molecule has 1 unspecified atom stereocenters. The van der Waals surface area contributed by atoms with E-state index in [2.05, 4.69) is 20.2 Å². The number of ether oxygens (including phenoxy) is 1. The van der Waals surface area contributed by atoms with Gasteiger partial charge in [-0.25, -0.2) is 4.98 Å². The van der Waals surface area contributed by atoms with Gasteiger partial charge in [-0.1, -0.05) is 23.2 Å². The van der Waals surface area contributed by atoms with Crippen molar-refractivity contribution in [1.29, 1.82) is 0 Å². The van der Waals surface area contributed by atoms with Crippen LogP contribution in [-0.2, 0) is 0 Å². The molecule has 1 aliphatic rings. The zero-order valence-electron chi connectivity index (χ0n) is 17.8. The van der Waals surface area contributed by atoms with Crippen LogP contribution in [0.15, 0.2) is 48.9 Å². The minimum Gasteiger partial charge on any atom is -0.486 e. The number of halogens is 5. The van der Waals surface area contributed by atoms with E-state index in [1.165, 1.54) is 12.4 Å². The molecule has 0 saturated carbocycles. The van der Waals surface area contributed by atoms with Crippen molar-refractivity contribution in [2.45, 2.75) is 19.2 Å². The van der Waals surface area contributed by atoms with Crippen LogP contribution in [0.5, 0.6) is 5.75 Å². The van der Waals surface area contributed by atoms with Gasteiger partial charge in [0.15, 0.2) is 0 Å². The first-order valence-electron chi connectivity index (χ1n) is 10.4. The molecule has 11 heteroatoms. The Morgan fingerprint density at radius 2 is 1.82 bits per heavy atom. The lowest BCUT2D eigenvalue weighted by Crippen LogP contribution is -2.53. The fraction of sp³-hybridized carbons (Fsp3) is 0.261. The normalized spacial score (nSPS) is 15.4. The molecule has 1 saturated heterocycles. The van der Waals surface area contributed by atoms with Gasteiger partial charge in [0.1, 0.15) is 23.4 Å². The van der Waals surface area contributed by atoms with E-state index < -0.39 is 18.2 Å². The van der Waals surface area contributed by atoms with Crippen molar-refractivity contribution in [1.82, 2.24) is 20.2 Å². The van der Waals surface area contributed by atoms with Crippen molar-refractivity contribution in [3.05, 3.63) is 64.5 Å². The highest BCUT2D eigenvalue weighted by Gasteiger charge is 2.47. The Labute approximate surface area is 202 Å². The largest absolute Gasteiger partial charge is 0.486 e. The van der Waals surface area contributed by atoms with Gasteiger partial charge < -0.3 is 9.64 Å². The van der Waals surface area contributed by atoms with Gasteiger partial charge in [-0.15, -0.1) is 0 Å². The van der Waals surface area contributed by atoms with E-state index in [1.807, 2.05) is 25.1 Å². The Morgan fingerprint density at radius 3 is 2.47 bits per heavy atom. The maximum absolute atomic E-state index is 12.8. The van der Waals surface area contributed by atoms with E-state index >= 15 is 0 Å². The van der Waals surface area contributed by atoms with Gasteiger partial charge >= 0.3 is 6.18 Å². The first kappa shape index (κ1) is 22.7. The fourth-order valence-corrected chi connectivity index (χ4v) is 4.62. The summed E-state index contributed by atoms with van der Waals surface area (Å²) in [4.78, 5) is 9.92. The Balaban J connectivity index is 1.36. The van der Waals surface area contributed by atoms with Crippen molar-refractivity contribution in [2.24, 2.45) is 5.92 Å². The summed E-state index contributed by atoms with van der Waals surface area (Å²) in [5.41, 5.74) is 2.83. The van der Waals surface area contributed by atoms with Gasteiger partial charge in [-0.05, 0) is 37.3 Å². The molecular weight excluding hydrogens is 490 g/mol. The number of pyridine rings is 2. The third-order valence-electron chi connectivity index (χ3n) is 5.83. The summed E-state index contributed by atoms with van der Waals surface area (Å²) >= 11 is 12.5. The number of alkyl halides is 3. The summed E-state index contributed by atoms with van der Waals surface area (Å²) in [6, 6.07) is 9.02. The first-order valence-corrected chi connectivity index (χ1v) is 11.2. The summed E-state index contributed by atoms with van der Waals surface area (Å²) < 4.78 is 44.3. The van der Waals surface area contributed by atoms with Crippen molar-refractivity contribution in [3.63, 3.8) is 0 Å². The van der Waals surface area contributed by atoms with Crippen LogP contribution in [0.1, 0.15) is 18.6 Å². The maximum atomic E-state index is 12.8. The number of nitrogens with one attached hydrogen (secondary N) is 1. The number of H-pyrrole nitrogens is 1. The molecule has 1 aromatic carbocycles. The SMILES string of the molecule is CC(Oc1ccc2[nH]nc(-c3ccc(N4CC(C(F)(F)F)C4)nc3)c2c1)c1c(Cl)cncc1Cl. The molecule has 0 spiro atoms. The van der Waals surface area contributed by atoms with E-state index in [1.54, 1.807) is 23.2 Å². The molecule has 6 nitrogen and oxygen atoms in total. The van der Waals surface area contributed by atoms with Gasteiger partial charge in [0.2, 0.25) is 0 Å². The number of hydrogen-bond acceptors (Lipinski definition) is 5. The van der Waals surface area contributed by atoms with Crippen LogP contribution in [0.4, 0.5) is 19.0 Å². The average molecular weight is 508 g/mol. The summed E-state index contributed by atoms with van der Waals surface area (Å²) in [6.45, 7) is 1.69. The molecule has 1 N–H and O–H groups in total. The van der Waals surface area contributed by atoms with E-state index in [0.717, 1.165) is 16.5 Å². The number of aromatic nitrogens is 4. The van der Waals surface area contributed by atoms with Gasteiger partial charge in [0.25, 0.3) is 0 Å². The van der Waals surface area contributed by atoms with Crippen LogP contribution in [-0.4, -0.2) is 39.4 Å². The van der Waals surface area contributed by atoms with Gasteiger partial charge in [0.05, 0.1) is 21.5 Å². The van der Waals surface area contributed by atoms with Crippen LogP contribution in [0.25, 0.3) is 22.2 Å². The zero-order valence-corrected chi connectivity index (χ0v) is 19.3. The highest BCUT2D eigenvalue weighted by molar-refractivity contribution is 6.35. The molecule has 176 valence electrons. The Bertz CT molecular complexity index is 1320. The number of rotatable bonds is 5. The van der Waals surface area contributed by atoms with E-state index in [-0.39, 0.29) is 13.1 Å². The topological polar surface area (TPSA) is 66.9 Å². The number of hydrogen-bond donors (Lipinski definition) is 1. The molecule has 0 aliphatic carbocycles. The number of aromatic amines is 1. The highest BCUT2D eigenvalue weighted by Crippen LogP contribution is 2.37. The molecule has 4 aromatic rings. The molecule has 5 rings (SSSR count). The van der Waals surface area contributed by atoms with Crippen molar-refractivity contribution in [2.75, 3.05) is 18.0 Å². The summed E-state index contributed by atoms with van der Waals surface area (Å²) in [5.74, 6) is -0.204. The predicted molar refractivity (Wildman–Crippen MR) is 124 cm³/mol. The lowest BCUT2D eigenvalue weighted by atomic mass is 9.99. The lowest BCUT2D eigenvalue weighted by Gasteiger charge is -2.40. The molecule has 1 atom stereocenters. The van der Waals surface area contributed by atoms with Crippen molar-refractivity contribution >= 4 is 39.9 Å². The predicted octanol–water partition coefficient (Wildman–Crippen LogP) is 6.47. The minimum atomic E-state index is -4.17. The number of nitrogens with zero attached hydrogens (tertiary/aromatic N) is 4. The number of fused-ring (bicyclic) bond motifs is 1. The second-order valence-electron chi connectivity index (χ2n) is 8.11. The molecular formula is C23H18Cl2F3N5O. The van der Waals surface area contributed by atoms with Crippen molar-refractivity contribution < 1.29 is 17.9 Å². The minimum absolute atomic E-state index is 0.0778. The molecule has 1 aliphatic heterocycles. The second kappa shape index (κ2) is 8.63. The van der Waals surface area contributed by atoms with E-state index in [4.69, 9.17) is 27.9 Å². The summed E-state index contributed by atoms with van der Waals surface area (Å²) in [6.07, 6.45) is 0.0444. The quantitative estimate of drug-likeness (QED) is 0.335. The van der Waals surface area contributed by atoms with Crippen LogP contribution in [0, 0.1) is 5.92 Å². The van der Waals surface area contributed by atoms with Crippen LogP contribution in [0.2, 0.25) is 10.0 Å². The van der Waals surface area contributed by atoms with Crippen LogP contribution in [0.3, 0.4) is 0 Å². The van der Waals surface area contributed by atoms with E-state index in [9.17, 15) is 13.2 Å². The highest BCUT2D eigenvalue weighted by atomic mass is 35.5. The smallest absolute Gasteiger partial charge is 0.395 e. The Hall–Kier alpha value is -3.04. The molecule has 0 radical (unpaired) electrons. The average Bonchev–Trinajstić information content (AvgIpc) is 3.15. The molecule has 0 amide bonds. The van der Waals surface area contributed by atoms with Gasteiger partial charge in [-0.3, -0.25) is 10.1 Å². The maximum Gasteiger partial charge on any atom is 0.395 e. The Kier molecular flexibility index (Phi) is 5.77. The fourth-order valence-electron chi connectivity index (χ4n) is 3.95. The summed E-state index contributed by atoms with van der Waals surface area (Å²) in [7, 11) is 0. The standard InChI is InChI=1S/C23H18Cl2F3N5O/c1-12(21-17(24)8-29-9-18(21)25)34-15-3-4-19-16(6-15)22(32-31-19)13-2-5-20(30-7-13)33-10-14(11-33)23(26,27)28/h2-9,12,14H,10-11H2,1H3,(H,31,32). The molecule has 34 heavy (non-hydrogen) atoms. The number of benzene rings is 1. The third kappa shape index (κ3) is 4.25. The zero-order chi connectivity index (χ0) is 24.0. The van der Waals surface area contributed by atoms with Gasteiger partial charge in [0, 0.05) is 48.2 Å². The Morgan fingerprint density at radius 1 is 1.09 bits per heavy atom. The van der Waals surface area contributed by atoms with E-state index in [0.29, 0.717) is 32.9 Å². The van der Waals surface area contributed by atoms with Gasteiger partial charge in [-0.2, -0.15) is 18.3 Å². The summed E-state index contributed by atoms with van der Waals surface area (Å²) in [5, 5.41) is 9.02. The second-order valence-corrected chi connectivity index (χ2v) is 8.92. The molecule has 4 heterocycles. The monoisotopic (exact) mass is 507 g/mol.